The highest BCUT2D eigenvalue weighted by molar-refractivity contribution is 14.1. The second-order valence-corrected chi connectivity index (χ2v) is 9.52. The molecule has 0 aromatic carbocycles. The first kappa shape index (κ1) is 10.4. The minimum atomic E-state index is 0.483. The van der Waals surface area contributed by atoms with Gasteiger partial charge in [0.05, 0.1) is 0 Å². The van der Waals surface area contributed by atoms with E-state index in [0.717, 1.165) is 9.84 Å². The molecule has 4 rings (SSSR count). The summed E-state index contributed by atoms with van der Waals surface area (Å²) in [6.45, 7) is 5.05. The molecule has 0 nitrogen and oxygen atoms in total. The quantitative estimate of drug-likeness (QED) is 0.434. The van der Waals surface area contributed by atoms with Crippen LogP contribution in [-0.4, -0.2) is 8.25 Å². The molecular weight excluding hydrogens is 351 g/mol. The van der Waals surface area contributed by atoms with Gasteiger partial charge in [0.2, 0.25) is 0 Å². The predicted octanol–water partition coefficient (Wildman–Crippen LogP) is 4.54. The predicted molar refractivity (Wildman–Crippen MR) is 72.3 cm³/mol. The van der Waals surface area contributed by atoms with Gasteiger partial charge in [0.15, 0.2) is 0 Å². The first-order valence-corrected chi connectivity index (χ1v) is 7.72. The van der Waals surface area contributed by atoms with Gasteiger partial charge in [0.1, 0.15) is 0 Å². The molecule has 4 bridgehead atoms. The summed E-state index contributed by atoms with van der Waals surface area (Å²) in [5.41, 5.74) is 1.28. The van der Waals surface area contributed by atoms with Crippen LogP contribution in [0, 0.1) is 16.7 Å². The molecule has 0 saturated heterocycles. The zero-order chi connectivity index (χ0) is 10.2. The van der Waals surface area contributed by atoms with Crippen molar-refractivity contribution in [2.75, 3.05) is 0 Å². The van der Waals surface area contributed by atoms with E-state index in [1.807, 2.05) is 0 Å². The molecule has 80 valence electrons. The van der Waals surface area contributed by atoms with Gasteiger partial charge in [-0.3, -0.25) is 0 Å². The Hall–Kier alpha value is 1.21. The lowest BCUT2D eigenvalue weighted by molar-refractivity contribution is -0.0651. The lowest BCUT2D eigenvalue weighted by atomic mass is 9.45. The van der Waals surface area contributed by atoms with Crippen molar-refractivity contribution in [1.82, 2.24) is 0 Å². The lowest BCUT2D eigenvalue weighted by Crippen LogP contribution is -2.62. The van der Waals surface area contributed by atoms with Crippen molar-refractivity contribution in [1.29, 1.82) is 0 Å². The number of halogens is 2. The maximum atomic E-state index is 4.09. The van der Waals surface area contributed by atoms with Crippen molar-refractivity contribution in [2.45, 2.75) is 54.2 Å². The van der Waals surface area contributed by atoms with Crippen LogP contribution in [0.1, 0.15) is 46.0 Å². The van der Waals surface area contributed by atoms with Crippen LogP contribution in [0.15, 0.2) is 0 Å². The summed E-state index contributed by atoms with van der Waals surface area (Å²) in [5, 5.41) is 0. The lowest BCUT2D eigenvalue weighted by Gasteiger charge is -2.66. The molecule has 0 spiro atoms. The molecule has 0 aromatic heterocycles. The second kappa shape index (κ2) is 2.72. The zero-order valence-corrected chi connectivity index (χ0v) is 12.7. The Labute approximate surface area is 109 Å². The van der Waals surface area contributed by atoms with E-state index in [9.17, 15) is 0 Å². The van der Waals surface area contributed by atoms with E-state index in [1.54, 1.807) is 0 Å². The fourth-order valence-electron chi connectivity index (χ4n) is 5.10. The third kappa shape index (κ3) is 1.22. The van der Waals surface area contributed by atoms with Gasteiger partial charge < -0.3 is 0 Å². The maximum Gasteiger partial charge on any atom is 0.0388 e. The van der Waals surface area contributed by atoms with E-state index in [1.165, 1.54) is 32.1 Å². The van der Waals surface area contributed by atoms with Crippen molar-refractivity contribution < 1.29 is 0 Å². The molecule has 4 fully saturated rings. The third-order valence-corrected chi connectivity index (χ3v) is 9.40. The van der Waals surface area contributed by atoms with Gasteiger partial charge >= 0.3 is 0 Å². The smallest absolute Gasteiger partial charge is 0.0388 e. The maximum absolute atomic E-state index is 4.09. The Morgan fingerprint density at radius 3 is 2.43 bits per heavy atom. The summed E-state index contributed by atoms with van der Waals surface area (Å²) in [5.74, 6) is 1.01. The highest BCUT2D eigenvalue weighted by Crippen LogP contribution is 2.70. The van der Waals surface area contributed by atoms with Crippen LogP contribution in [-0.2, 0) is 0 Å². The Morgan fingerprint density at radius 1 is 1.14 bits per heavy atom. The van der Waals surface area contributed by atoms with Crippen molar-refractivity contribution >= 4 is 38.5 Å². The largest absolute Gasteiger partial charge is 0.0841 e. The number of rotatable bonds is 0. The van der Waals surface area contributed by atoms with Gasteiger partial charge in [-0.1, -0.05) is 52.4 Å². The normalized spacial score (nSPS) is 66.0. The van der Waals surface area contributed by atoms with E-state index in [0.29, 0.717) is 15.2 Å². The highest BCUT2D eigenvalue weighted by atomic mass is 127. The summed E-state index contributed by atoms with van der Waals surface area (Å²) in [6.07, 6.45) is 7.31. The molecular formula is C12H18BrI. The summed E-state index contributed by atoms with van der Waals surface area (Å²) < 4.78 is 1.33. The first-order valence-electron chi connectivity index (χ1n) is 5.68. The molecule has 5 unspecified atom stereocenters. The van der Waals surface area contributed by atoms with E-state index < -0.39 is 0 Å². The van der Waals surface area contributed by atoms with Crippen LogP contribution >= 0.6 is 38.5 Å². The molecule has 4 aliphatic rings. The Bertz CT molecular complexity index is 268. The van der Waals surface area contributed by atoms with Crippen molar-refractivity contribution in [2.24, 2.45) is 16.7 Å². The molecule has 4 saturated carbocycles. The fraction of sp³-hybridized carbons (Fsp3) is 1.00. The molecule has 4 aliphatic carbocycles. The Morgan fingerprint density at radius 2 is 1.86 bits per heavy atom. The van der Waals surface area contributed by atoms with E-state index in [2.05, 4.69) is 52.4 Å². The number of hydrogen-bond donors (Lipinski definition) is 0. The van der Waals surface area contributed by atoms with Gasteiger partial charge in [-0.2, -0.15) is 0 Å². The van der Waals surface area contributed by atoms with Crippen molar-refractivity contribution in [3.05, 3.63) is 0 Å². The summed E-state index contributed by atoms with van der Waals surface area (Å²) >= 11 is 6.81. The monoisotopic (exact) mass is 368 g/mol. The molecule has 0 N–H and O–H groups in total. The van der Waals surface area contributed by atoms with E-state index >= 15 is 0 Å². The average molecular weight is 369 g/mol. The topological polar surface area (TPSA) is 0 Å². The van der Waals surface area contributed by atoms with Crippen LogP contribution in [0.5, 0.6) is 0 Å². The molecule has 0 radical (unpaired) electrons. The third-order valence-electron chi connectivity index (χ3n) is 4.78. The Kier molecular flexibility index (Phi) is 2.01. The Balaban J connectivity index is 2.07. The standard InChI is InChI=1S/C12H18BrI/c1-10-3-8-4-11(2,6-10)9(14)12(13,5-8)7-10/h8-9H,3-7H2,1-2H3. The zero-order valence-electron chi connectivity index (χ0n) is 8.95. The van der Waals surface area contributed by atoms with Crippen molar-refractivity contribution in [3.8, 4) is 0 Å². The van der Waals surface area contributed by atoms with Crippen LogP contribution in [0.4, 0.5) is 0 Å². The first-order chi connectivity index (χ1) is 6.35. The van der Waals surface area contributed by atoms with Crippen LogP contribution < -0.4 is 0 Å². The molecule has 0 aromatic rings. The highest BCUT2D eigenvalue weighted by Gasteiger charge is 2.63. The summed E-state index contributed by atoms with van der Waals surface area (Å²) in [4.78, 5) is 0. The average Bonchev–Trinajstić information content (AvgIpc) is 1.95. The van der Waals surface area contributed by atoms with Crippen LogP contribution in [0.25, 0.3) is 0 Å². The van der Waals surface area contributed by atoms with Gasteiger partial charge in [-0.25, -0.2) is 0 Å². The summed E-state index contributed by atoms with van der Waals surface area (Å²) in [7, 11) is 0. The van der Waals surface area contributed by atoms with Crippen LogP contribution in [0.3, 0.4) is 0 Å². The minimum absolute atomic E-state index is 0.483. The molecule has 2 heteroatoms. The van der Waals surface area contributed by atoms with E-state index in [-0.39, 0.29) is 0 Å². The van der Waals surface area contributed by atoms with Crippen LogP contribution in [0.2, 0.25) is 0 Å². The summed E-state index contributed by atoms with van der Waals surface area (Å²) in [6, 6.07) is 0. The van der Waals surface area contributed by atoms with E-state index in [4.69, 9.17) is 0 Å². The van der Waals surface area contributed by atoms with Gasteiger partial charge in [-0.05, 0) is 48.9 Å². The fourth-order valence-corrected chi connectivity index (χ4v) is 7.74. The SMILES string of the molecule is CC12CC3CC(C)(C1)C(I)C(Br)(C3)C2. The minimum Gasteiger partial charge on any atom is -0.0841 e. The number of hydrogen-bond acceptors (Lipinski definition) is 0. The molecule has 0 aliphatic heterocycles. The van der Waals surface area contributed by atoms with Gasteiger partial charge in [-0.15, -0.1) is 0 Å². The molecule has 14 heavy (non-hydrogen) atoms. The number of alkyl halides is 2. The van der Waals surface area contributed by atoms with Crippen molar-refractivity contribution in [3.63, 3.8) is 0 Å². The second-order valence-electron chi connectivity index (χ2n) is 6.69. The van der Waals surface area contributed by atoms with Gasteiger partial charge in [0.25, 0.3) is 0 Å². The molecule has 0 amide bonds. The molecule has 5 atom stereocenters. The van der Waals surface area contributed by atoms with Gasteiger partial charge in [0, 0.05) is 8.25 Å². The molecule has 0 heterocycles.